The number of nitrogens with zero attached hydrogens (tertiary/aromatic N) is 2. The quantitative estimate of drug-likeness (QED) is 0.776. The number of nitrogens with one attached hydrogen (secondary N) is 1. The Bertz CT molecular complexity index is 485. The summed E-state index contributed by atoms with van der Waals surface area (Å²) in [6.07, 6.45) is 0. The molecule has 102 valence electrons. The van der Waals surface area contributed by atoms with Crippen molar-refractivity contribution in [1.29, 1.82) is 5.26 Å². The van der Waals surface area contributed by atoms with Gasteiger partial charge >= 0.3 is 0 Å². The molecule has 0 aliphatic rings. The number of benzene rings is 1. The number of amides is 1. The van der Waals surface area contributed by atoms with Crippen LogP contribution in [0.25, 0.3) is 0 Å². The first-order valence-electron chi connectivity index (χ1n) is 5.74. The van der Waals surface area contributed by atoms with E-state index in [2.05, 4.69) is 5.32 Å². The van der Waals surface area contributed by atoms with E-state index in [1.54, 1.807) is 19.1 Å². The molecule has 5 nitrogen and oxygen atoms in total. The molecule has 1 aromatic rings. The lowest BCUT2D eigenvalue weighted by atomic mass is 10.2. The summed E-state index contributed by atoms with van der Waals surface area (Å²) in [5, 5.41) is 11.4. The zero-order valence-corrected chi connectivity index (χ0v) is 10.9. The van der Waals surface area contributed by atoms with Crippen molar-refractivity contribution >= 4 is 11.6 Å². The normalized spacial score (nSPS) is 9.79. The SMILES string of the molecule is COCCNC(=O)CN(C)c1cc(F)cc(C#N)c1. The first-order chi connectivity index (χ1) is 9.06. The Hall–Kier alpha value is -2.13. The molecule has 6 heteroatoms. The second-order valence-corrected chi connectivity index (χ2v) is 4.01. The fourth-order valence-electron chi connectivity index (χ4n) is 1.51. The molecule has 0 aliphatic heterocycles. The third-order valence-electron chi connectivity index (χ3n) is 2.46. The molecule has 1 aromatic carbocycles. The molecule has 0 saturated heterocycles. The van der Waals surface area contributed by atoms with Gasteiger partial charge in [-0.1, -0.05) is 0 Å². The topological polar surface area (TPSA) is 65.4 Å². The molecule has 1 amide bonds. The Morgan fingerprint density at radius 3 is 2.89 bits per heavy atom. The first kappa shape index (κ1) is 14.9. The van der Waals surface area contributed by atoms with Gasteiger partial charge in [0.1, 0.15) is 5.82 Å². The van der Waals surface area contributed by atoms with Gasteiger partial charge in [0.15, 0.2) is 0 Å². The maximum atomic E-state index is 13.3. The van der Waals surface area contributed by atoms with Crippen molar-refractivity contribution < 1.29 is 13.9 Å². The van der Waals surface area contributed by atoms with Crippen LogP contribution in [0.4, 0.5) is 10.1 Å². The summed E-state index contributed by atoms with van der Waals surface area (Å²) >= 11 is 0. The van der Waals surface area contributed by atoms with E-state index in [1.807, 2.05) is 6.07 Å². The van der Waals surface area contributed by atoms with Crippen LogP contribution < -0.4 is 10.2 Å². The van der Waals surface area contributed by atoms with Crippen molar-refractivity contribution in [3.05, 3.63) is 29.6 Å². The molecule has 0 fully saturated rings. The van der Waals surface area contributed by atoms with E-state index in [-0.39, 0.29) is 18.0 Å². The van der Waals surface area contributed by atoms with Crippen LogP contribution in [0.15, 0.2) is 18.2 Å². The monoisotopic (exact) mass is 265 g/mol. The number of halogens is 1. The molecule has 0 unspecified atom stereocenters. The maximum absolute atomic E-state index is 13.3. The fraction of sp³-hybridized carbons (Fsp3) is 0.385. The van der Waals surface area contributed by atoms with E-state index in [0.717, 1.165) is 6.07 Å². The highest BCUT2D eigenvalue weighted by atomic mass is 19.1. The van der Waals surface area contributed by atoms with Crippen molar-refractivity contribution in [2.24, 2.45) is 0 Å². The van der Waals surface area contributed by atoms with Gasteiger partial charge in [-0.2, -0.15) is 5.26 Å². The highest BCUT2D eigenvalue weighted by Gasteiger charge is 2.09. The van der Waals surface area contributed by atoms with E-state index in [1.165, 1.54) is 12.1 Å². The number of anilines is 1. The van der Waals surface area contributed by atoms with Crippen molar-refractivity contribution in [2.75, 3.05) is 38.8 Å². The zero-order chi connectivity index (χ0) is 14.3. The van der Waals surface area contributed by atoms with Crippen molar-refractivity contribution in [3.8, 4) is 6.07 Å². The Morgan fingerprint density at radius 1 is 1.53 bits per heavy atom. The highest BCUT2D eigenvalue weighted by molar-refractivity contribution is 5.81. The summed E-state index contributed by atoms with van der Waals surface area (Å²) in [6.45, 7) is 0.946. The summed E-state index contributed by atoms with van der Waals surface area (Å²) in [5.74, 6) is -0.692. The predicted molar refractivity (Wildman–Crippen MR) is 69.3 cm³/mol. The number of rotatable bonds is 6. The molecule has 1 N–H and O–H groups in total. The molecule has 0 saturated carbocycles. The molecular formula is C13H16FN3O2. The summed E-state index contributed by atoms with van der Waals surface area (Å²) in [5.41, 5.74) is 0.708. The average molecular weight is 265 g/mol. The number of nitriles is 1. The first-order valence-corrected chi connectivity index (χ1v) is 5.74. The molecule has 0 heterocycles. The largest absolute Gasteiger partial charge is 0.383 e. The molecular weight excluding hydrogens is 249 g/mol. The van der Waals surface area contributed by atoms with E-state index >= 15 is 0 Å². The number of likely N-dealkylation sites (N-methyl/N-ethyl adjacent to an activating group) is 1. The molecule has 0 aromatic heterocycles. The minimum atomic E-state index is -0.499. The van der Waals surface area contributed by atoms with Gasteiger partial charge in [-0.05, 0) is 18.2 Å². The van der Waals surface area contributed by atoms with Gasteiger partial charge in [0.25, 0.3) is 0 Å². The third-order valence-corrected chi connectivity index (χ3v) is 2.46. The van der Waals surface area contributed by atoms with Crippen molar-refractivity contribution in [3.63, 3.8) is 0 Å². The standard InChI is InChI=1S/C13H16FN3O2/c1-17(9-13(18)16-3-4-19-2)12-6-10(8-15)5-11(14)7-12/h5-7H,3-4,9H2,1-2H3,(H,16,18). The number of hydrogen-bond acceptors (Lipinski definition) is 4. The molecule has 0 bridgehead atoms. The lowest BCUT2D eigenvalue weighted by Crippen LogP contribution is -2.36. The van der Waals surface area contributed by atoms with Crippen LogP contribution in [-0.2, 0) is 9.53 Å². The Balaban J connectivity index is 2.63. The second kappa shape index (κ2) is 7.34. The van der Waals surface area contributed by atoms with Gasteiger partial charge in [0.2, 0.25) is 5.91 Å². The zero-order valence-electron chi connectivity index (χ0n) is 10.9. The summed E-state index contributed by atoms with van der Waals surface area (Å²) < 4.78 is 18.1. The number of hydrogen-bond donors (Lipinski definition) is 1. The van der Waals surface area contributed by atoms with E-state index < -0.39 is 5.82 Å². The van der Waals surface area contributed by atoms with Crippen LogP contribution in [0.5, 0.6) is 0 Å². The van der Waals surface area contributed by atoms with Crippen LogP contribution in [0.2, 0.25) is 0 Å². The molecule has 1 rings (SSSR count). The van der Waals surface area contributed by atoms with Crippen LogP contribution in [0.3, 0.4) is 0 Å². The van der Waals surface area contributed by atoms with Crippen LogP contribution in [-0.4, -0.2) is 39.8 Å². The van der Waals surface area contributed by atoms with Crippen molar-refractivity contribution in [1.82, 2.24) is 5.32 Å². The van der Waals surface area contributed by atoms with Crippen LogP contribution >= 0.6 is 0 Å². The smallest absolute Gasteiger partial charge is 0.239 e. The summed E-state index contributed by atoms with van der Waals surface area (Å²) in [4.78, 5) is 13.1. The van der Waals surface area contributed by atoms with Crippen LogP contribution in [0, 0.1) is 17.1 Å². The number of ether oxygens (including phenoxy) is 1. The molecule has 0 aliphatic carbocycles. The third kappa shape index (κ3) is 4.94. The predicted octanol–water partition coefficient (Wildman–Crippen LogP) is 0.896. The highest BCUT2D eigenvalue weighted by Crippen LogP contribution is 2.16. The summed E-state index contributed by atoms with van der Waals surface area (Å²) in [7, 11) is 3.21. The van der Waals surface area contributed by atoms with Crippen LogP contribution in [0.1, 0.15) is 5.56 Å². The van der Waals surface area contributed by atoms with E-state index in [0.29, 0.717) is 18.8 Å². The van der Waals surface area contributed by atoms with Gasteiger partial charge in [0, 0.05) is 26.4 Å². The maximum Gasteiger partial charge on any atom is 0.239 e. The second-order valence-electron chi connectivity index (χ2n) is 4.01. The van der Waals surface area contributed by atoms with Gasteiger partial charge in [-0.25, -0.2) is 4.39 Å². The van der Waals surface area contributed by atoms with Gasteiger partial charge < -0.3 is 15.0 Å². The average Bonchev–Trinajstić information content (AvgIpc) is 2.38. The van der Waals surface area contributed by atoms with Gasteiger partial charge in [-0.15, -0.1) is 0 Å². The molecule has 0 radical (unpaired) electrons. The Morgan fingerprint density at radius 2 is 2.26 bits per heavy atom. The number of carbonyl (C=O) groups excluding carboxylic acids is 1. The van der Waals surface area contributed by atoms with E-state index in [4.69, 9.17) is 10.00 Å². The molecule has 0 atom stereocenters. The Kier molecular flexibility index (Phi) is 5.76. The molecule has 19 heavy (non-hydrogen) atoms. The molecule has 0 spiro atoms. The lowest BCUT2D eigenvalue weighted by Gasteiger charge is -2.19. The number of carbonyl (C=O) groups is 1. The lowest BCUT2D eigenvalue weighted by molar-refractivity contribution is -0.119. The minimum Gasteiger partial charge on any atom is -0.383 e. The minimum absolute atomic E-state index is 0.0814. The fourth-order valence-corrected chi connectivity index (χ4v) is 1.51. The Labute approximate surface area is 111 Å². The van der Waals surface area contributed by atoms with Gasteiger partial charge in [0.05, 0.1) is 24.8 Å². The van der Waals surface area contributed by atoms with E-state index in [9.17, 15) is 9.18 Å². The summed E-state index contributed by atoms with van der Waals surface area (Å²) in [6, 6.07) is 5.84. The number of methoxy groups -OCH3 is 1. The van der Waals surface area contributed by atoms with Crippen molar-refractivity contribution in [2.45, 2.75) is 0 Å². The van der Waals surface area contributed by atoms with Gasteiger partial charge in [-0.3, -0.25) is 4.79 Å².